The summed E-state index contributed by atoms with van der Waals surface area (Å²) in [6.45, 7) is 0.953. The van der Waals surface area contributed by atoms with Gasteiger partial charge in [-0.1, -0.05) is 84.9 Å². The van der Waals surface area contributed by atoms with Crippen molar-refractivity contribution in [1.29, 1.82) is 0 Å². The predicted octanol–water partition coefficient (Wildman–Crippen LogP) is 4.70. The van der Waals surface area contributed by atoms with Crippen LogP contribution in [0.25, 0.3) is 0 Å². The lowest BCUT2D eigenvalue weighted by atomic mass is 9.76. The molecular formula is C35H38O7. The van der Waals surface area contributed by atoms with E-state index >= 15 is 0 Å². The fourth-order valence-corrected chi connectivity index (χ4v) is 6.10. The van der Waals surface area contributed by atoms with E-state index in [1.165, 1.54) is 6.92 Å². The molecule has 0 radical (unpaired) electrons. The van der Waals surface area contributed by atoms with Crippen molar-refractivity contribution in [2.75, 3.05) is 27.4 Å². The number of benzene rings is 4. The smallest absolute Gasteiger partial charge is 0.171 e. The summed E-state index contributed by atoms with van der Waals surface area (Å²) in [6, 6.07) is 34.6. The highest BCUT2D eigenvalue weighted by Gasteiger charge is 2.61. The maximum Gasteiger partial charge on any atom is 0.171 e. The summed E-state index contributed by atoms with van der Waals surface area (Å²) in [5.74, 6) is -1.29. The topological polar surface area (TPSA) is 97.6 Å². The minimum Gasteiger partial charge on any atom is -0.497 e. The summed E-state index contributed by atoms with van der Waals surface area (Å²) in [5, 5.41) is 33.9. The first-order valence-corrected chi connectivity index (χ1v) is 14.0. The van der Waals surface area contributed by atoms with Gasteiger partial charge in [0, 0.05) is 6.42 Å². The second kappa shape index (κ2) is 12.3. The molecule has 0 bridgehead atoms. The van der Waals surface area contributed by atoms with Crippen LogP contribution in [0.3, 0.4) is 0 Å². The average molecular weight is 571 g/mol. The first-order chi connectivity index (χ1) is 20.3. The van der Waals surface area contributed by atoms with Crippen LogP contribution in [-0.2, 0) is 21.5 Å². The van der Waals surface area contributed by atoms with E-state index < -0.39 is 35.6 Å². The summed E-state index contributed by atoms with van der Waals surface area (Å²) in [6.07, 6.45) is -0.860. The van der Waals surface area contributed by atoms with Gasteiger partial charge in [0.05, 0.1) is 33.4 Å². The Morgan fingerprint density at radius 3 is 1.67 bits per heavy atom. The van der Waals surface area contributed by atoms with Crippen molar-refractivity contribution >= 4 is 0 Å². The van der Waals surface area contributed by atoms with E-state index in [4.69, 9.17) is 18.9 Å². The van der Waals surface area contributed by atoms with Gasteiger partial charge < -0.3 is 34.3 Å². The molecule has 42 heavy (non-hydrogen) atoms. The third kappa shape index (κ3) is 5.54. The molecule has 1 aliphatic heterocycles. The summed E-state index contributed by atoms with van der Waals surface area (Å²) < 4.78 is 23.8. The Bertz CT molecular complexity index is 1370. The van der Waals surface area contributed by atoms with Crippen molar-refractivity contribution < 1.29 is 34.3 Å². The molecule has 4 aromatic carbocycles. The van der Waals surface area contributed by atoms with Crippen molar-refractivity contribution in [2.24, 2.45) is 5.92 Å². The highest BCUT2D eigenvalue weighted by Crippen LogP contribution is 2.47. The Morgan fingerprint density at radius 1 is 0.714 bits per heavy atom. The molecule has 7 heteroatoms. The summed E-state index contributed by atoms with van der Waals surface area (Å²) in [7, 11) is 3.24. The van der Waals surface area contributed by atoms with E-state index in [9.17, 15) is 15.3 Å². The van der Waals surface area contributed by atoms with Gasteiger partial charge in [0.15, 0.2) is 5.79 Å². The van der Waals surface area contributed by atoms with E-state index in [2.05, 4.69) is 0 Å². The third-order valence-electron chi connectivity index (χ3n) is 8.32. The molecule has 0 aliphatic carbocycles. The Balaban J connectivity index is 1.64. The quantitative estimate of drug-likeness (QED) is 0.225. The van der Waals surface area contributed by atoms with Crippen LogP contribution in [0.4, 0.5) is 0 Å². The van der Waals surface area contributed by atoms with Crippen LogP contribution in [-0.4, -0.2) is 60.2 Å². The largest absolute Gasteiger partial charge is 0.497 e. The zero-order chi connectivity index (χ0) is 29.8. The molecule has 4 atom stereocenters. The first-order valence-electron chi connectivity index (χ1n) is 14.0. The second-order valence-electron chi connectivity index (χ2n) is 10.9. The highest BCUT2D eigenvalue weighted by molar-refractivity contribution is 5.49. The Hall–Kier alpha value is -3.72. The van der Waals surface area contributed by atoms with Gasteiger partial charge in [-0.3, -0.25) is 0 Å². The molecular weight excluding hydrogens is 532 g/mol. The molecule has 0 saturated carbocycles. The number of methoxy groups -OCH3 is 2. The predicted molar refractivity (Wildman–Crippen MR) is 159 cm³/mol. The monoisotopic (exact) mass is 570 g/mol. The fourth-order valence-electron chi connectivity index (χ4n) is 6.10. The van der Waals surface area contributed by atoms with E-state index in [0.29, 0.717) is 11.5 Å². The number of hydrogen-bond acceptors (Lipinski definition) is 7. The van der Waals surface area contributed by atoms with Crippen LogP contribution in [0.5, 0.6) is 11.5 Å². The average Bonchev–Trinajstić information content (AvgIpc) is 3.22. The lowest BCUT2D eigenvalue weighted by Crippen LogP contribution is -2.52. The van der Waals surface area contributed by atoms with Gasteiger partial charge >= 0.3 is 0 Å². The van der Waals surface area contributed by atoms with Gasteiger partial charge in [0.1, 0.15) is 28.8 Å². The SMILES string of the molecule is COc1ccc(C(OC[C@H]2[C@@](O)(Cc3ccccc3)[C@@H](CO)O[C@]2(C)O)(c2ccccc2)c2ccc(OC)cc2)cc1. The maximum absolute atomic E-state index is 12.2. The lowest BCUT2D eigenvalue weighted by Gasteiger charge is -2.40. The Kier molecular flexibility index (Phi) is 8.68. The Labute approximate surface area is 246 Å². The number of rotatable bonds is 11. The van der Waals surface area contributed by atoms with Crippen LogP contribution in [0.2, 0.25) is 0 Å². The van der Waals surface area contributed by atoms with Gasteiger partial charge in [-0.05, 0) is 53.4 Å². The van der Waals surface area contributed by atoms with Gasteiger partial charge in [0.2, 0.25) is 0 Å². The van der Waals surface area contributed by atoms with Crippen LogP contribution >= 0.6 is 0 Å². The van der Waals surface area contributed by atoms with E-state index in [1.807, 2.05) is 109 Å². The zero-order valence-corrected chi connectivity index (χ0v) is 24.1. The number of ether oxygens (including phenoxy) is 4. The second-order valence-corrected chi connectivity index (χ2v) is 10.9. The Morgan fingerprint density at radius 2 is 1.19 bits per heavy atom. The van der Waals surface area contributed by atoms with E-state index in [-0.39, 0.29) is 13.0 Å². The summed E-state index contributed by atoms with van der Waals surface area (Å²) >= 11 is 0. The molecule has 220 valence electrons. The molecule has 7 nitrogen and oxygen atoms in total. The molecule has 4 aromatic rings. The van der Waals surface area contributed by atoms with Crippen molar-refractivity contribution in [3.05, 3.63) is 131 Å². The molecule has 1 aliphatic rings. The summed E-state index contributed by atoms with van der Waals surface area (Å²) in [5.41, 5.74) is 0.573. The van der Waals surface area contributed by atoms with E-state index in [1.54, 1.807) is 14.2 Å². The van der Waals surface area contributed by atoms with Gasteiger partial charge in [-0.25, -0.2) is 0 Å². The van der Waals surface area contributed by atoms with Crippen molar-refractivity contribution in [2.45, 2.75) is 36.4 Å². The van der Waals surface area contributed by atoms with Crippen LogP contribution in [0, 0.1) is 5.92 Å². The van der Waals surface area contributed by atoms with Gasteiger partial charge in [-0.15, -0.1) is 0 Å². The summed E-state index contributed by atoms with van der Waals surface area (Å²) in [4.78, 5) is 0. The van der Waals surface area contributed by atoms with Crippen LogP contribution in [0.15, 0.2) is 109 Å². The maximum atomic E-state index is 12.2. The number of hydrogen-bond donors (Lipinski definition) is 3. The number of aliphatic hydroxyl groups excluding tert-OH is 1. The fraction of sp³-hybridized carbons (Fsp3) is 0.314. The molecule has 0 amide bonds. The number of aliphatic hydroxyl groups is 3. The standard InChI is InChI=1S/C35H38O7/c1-33(37)31(34(38,32(23-36)42-33)22-25-10-6-4-7-11-25)24-41-35(26-12-8-5-9-13-26,27-14-18-29(39-2)19-15-27)28-16-20-30(40-3)21-17-28/h4-21,31-32,36-38H,22-24H2,1-3H3/t31-,32-,33+,34+/m1/s1. The highest BCUT2D eigenvalue weighted by atomic mass is 16.7. The van der Waals surface area contributed by atoms with Gasteiger partial charge in [-0.2, -0.15) is 0 Å². The van der Waals surface area contributed by atoms with Crippen molar-refractivity contribution in [1.82, 2.24) is 0 Å². The van der Waals surface area contributed by atoms with Crippen molar-refractivity contribution in [3.63, 3.8) is 0 Å². The van der Waals surface area contributed by atoms with Crippen molar-refractivity contribution in [3.8, 4) is 11.5 Å². The first kappa shape index (κ1) is 29.8. The minimum atomic E-state index is -1.78. The van der Waals surface area contributed by atoms with Crippen LogP contribution in [0.1, 0.15) is 29.2 Å². The lowest BCUT2D eigenvalue weighted by molar-refractivity contribution is -0.213. The molecule has 0 aromatic heterocycles. The molecule has 1 heterocycles. The minimum absolute atomic E-state index is 0.0974. The molecule has 5 rings (SSSR count). The molecule has 1 saturated heterocycles. The molecule has 0 spiro atoms. The van der Waals surface area contributed by atoms with E-state index in [0.717, 1.165) is 22.3 Å². The zero-order valence-electron chi connectivity index (χ0n) is 24.1. The normalized spacial score (nSPS) is 24.0. The molecule has 3 N–H and O–H groups in total. The molecule has 0 unspecified atom stereocenters. The third-order valence-corrected chi connectivity index (χ3v) is 8.32. The van der Waals surface area contributed by atoms with Crippen LogP contribution < -0.4 is 9.47 Å². The van der Waals surface area contributed by atoms with Gasteiger partial charge in [0.25, 0.3) is 0 Å². The molecule has 1 fully saturated rings.